The third-order valence-corrected chi connectivity index (χ3v) is 6.95. The number of nitrogens with zero attached hydrogens (tertiary/aromatic N) is 3. The lowest BCUT2D eigenvalue weighted by atomic mass is 10.2. The number of thiophene rings is 1. The lowest BCUT2D eigenvalue weighted by Crippen LogP contribution is -2.37. The predicted octanol–water partition coefficient (Wildman–Crippen LogP) is 3.36. The van der Waals surface area contributed by atoms with Gasteiger partial charge in [0.25, 0.3) is 11.1 Å². The molecule has 1 aromatic carbocycles. The van der Waals surface area contributed by atoms with Crippen LogP contribution in [0.15, 0.2) is 45.8 Å². The third kappa shape index (κ3) is 4.92. The van der Waals surface area contributed by atoms with Gasteiger partial charge in [-0.15, -0.1) is 11.3 Å². The van der Waals surface area contributed by atoms with Crippen molar-refractivity contribution in [3.05, 3.63) is 52.0 Å². The first-order valence-corrected chi connectivity index (χ1v) is 12.0. The molecule has 1 fully saturated rings. The molecule has 32 heavy (non-hydrogen) atoms. The molecule has 0 radical (unpaired) electrons. The number of thioether (sulfide) groups is 2. The van der Waals surface area contributed by atoms with Crippen molar-refractivity contribution >= 4 is 74.0 Å². The lowest BCUT2D eigenvalue weighted by molar-refractivity contribution is -0.123. The smallest absolute Gasteiger partial charge is 0.293 e. The zero-order valence-corrected chi connectivity index (χ0v) is 18.9. The molecule has 3 heterocycles. The van der Waals surface area contributed by atoms with Gasteiger partial charge in [0.1, 0.15) is 16.5 Å². The summed E-state index contributed by atoms with van der Waals surface area (Å²) < 4.78 is 13.8. The first kappa shape index (κ1) is 22.2. The summed E-state index contributed by atoms with van der Waals surface area (Å²) in [6.45, 7) is 0.109. The molecule has 12 heteroatoms. The van der Waals surface area contributed by atoms with Crippen LogP contribution in [-0.4, -0.2) is 50.8 Å². The quantitative estimate of drug-likeness (QED) is 0.295. The summed E-state index contributed by atoms with van der Waals surface area (Å²) in [4.78, 5) is 47.2. The zero-order valence-electron chi connectivity index (χ0n) is 16.4. The number of amides is 3. The fourth-order valence-electron chi connectivity index (χ4n) is 2.84. The Labute approximate surface area is 194 Å². The summed E-state index contributed by atoms with van der Waals surface area (Å²) in [5, 5.41) is 5.25. The molecule has 3 N–H and O–H groups in total. The van der Waals surface area contributed by atoms with E-state index in [1.54, 1.807) is 12.1 Å². The number of carbonyl (C=O) groups is 3. The number of nitrogens with one attached hydrogen (secondary N) is 1. The van der Waals surface area contributed by atoms with Crippen molar-refractivity contribution in [2.75, 3.05) is 24.6 Å². The van der Waals surface area contributed by atoms with Crippen LogP contribution in [0.3, 0.4) is 0 Å². The number of hydrogen-bond donors (Lipinski definition) is 2. The normalized spacial score (nSPS) is 15.2. The number of hydrogen-bond acceptors (Lipinski definition) is 9. The molecule has 8 nitrogen and oxygen atoms in total. The van der Waals surface area contributed by atoms with Gasteiger partial charge in [-0.3, -0.25) is 19.3 Å². The summed E-state index contributed by atoms with van der Waals surface area (Å²) in [5.41, 5.74) is 6.13. The summed E-state index contributed by atoms with van der Waals surface area (Å²) in [6, 6.07) is 7.83. The molecule has 0 spiro atoms. The van der Waals surface area contributed by atoms with Gasteiger partial charge in [-0.2, -0.15) is 0 Å². The van der Waals surface area contributed by atoms with Crippen molar-refractivity contribution in [1.82, 2.24) is 20.2 Å². The van der Waals surface area contributed by atoms with E-state index in [4.69, 9.17) is 5.73 Å². The Morgan fingerprint density at radius 2 is 2.06 bits per heavy atom. The van der Waals surface area contributed by atoms with Crippen LogP contribution in [0.4, 0.5) is 15.0 Å². The fraction of sp³-hybridized carbons (Fsp3) is 0.150. The van der Waals surface area contributed by atoms with Crippen LogP contribution in [-0.2, 0) is 9.59 Å². The standard InChI is InChI=1S/C20H16FN5O3S3/c21-13-4-2-1-3-11(13)9-14-18(28)26(20(29)32-14)7-6-23-15(27)10-31-19-24-16(22)12-5-8-30-17(12)25-19/h1-5,8-9H,6-7,10H2,(H,23,27)(H2,22,24,25)/b14-9-. The Morgan fingerprint density at radius 1 is 1.25 bits per heavy atom. The number of fused-ring (bicyclic) bond motifs is 1. The van der Waals surface area contributed by atoms with Gasteiger partial charge in [0.2, 0.25) is 5.91 Å². The highest BCUT2D eigenvalue weighted by Crippen LogP contribution is 2.32. The molecular weight excluding hydrogens is 473 g/mol. The van der Waals surface area contributed by atoms with Crippen LogP contribution >= 0.6 is 34.9 Å². The van der Waals surface area contributed by atoms with E-state index in [1.165, 1.54) is 29.5 Å². The van der Waals surface area contributed by atoms with E-state index < -0.39 is 17.0 Å². The van der Waals surface area contributed by atoms with E-state index >= 15 is 0 Å². The van der Waals surface area contributed by atoms with Crippen molar-refractivity contribution < 1.29 is 18.8 Å². The molecule has 0 aliphatic carbocycles. The largest absolute Gasteiger partial charge is 0.383 e. The van der Waals surface area contributed by atoms with E-state index in [0.717, 1.165) is 38.6 Å². The molecule has 3 aromatic rings. The molecule has 4 rings (SSSR count). The van der Waals surface area contributed by atoms with Gasteiger partial charge in [0, 0.05) is 18.7 Å². The number of nitrogen functional groups attached to an aromatic ring is 1. The number of halogens is 1. The minimum absolute atomic E-state index is 0.0142. The highest BCUT2D eigenvalue weighted by molar-refractivity contribution is 8.18. The lowest BCUT2D eigenvalue weighted by Gasteiger charge is -2.12. The minimum Gasteiger partial charge on any atom is -0.383 e. The fourth-order valence-corrected chi connectivity index (χ4v) is 5.20. The molecule has 2 aromatic heterocycles. The van der Waals surface area contributed by atoms with E-state index in [-0.39, 0.29) is 35.2 Å². The molecule has 3 amide bonds. The van der Waals surface area contributed by atoms with Crippen molar-refractivity contribution in [3.8, 4) is 0 Å². The highest BCUT2D eigenvalue weighted by atomic mass is 32.2. The Balaban J connectivity index is 1.28. The molecule has 0 unspecified atom stereocenters. The molecule has 0 saturated carbocycles. The number of benzene rings is 1. The number of carbonyl (C=O) groups excluding carboxylic acids is 3. The number of imide groups is 1. The Hall–Kier alpha value is -2.96. The molecule has 0 bridgehead atoms. The topological polar surface area (TPSA) is 118 Å². The van der Waals surface area contributed by atoms with Crippen molar-refractivity contribution in [3.63, 3.8) is 0 Å². The summed E-state index contributed by atoms with van der Waals surface area (Å²) in [7, 11) is 0. The van der Waals surface area contributed by atoms with Crippen LogP contribution in [0.5, 0.6) is 0 Å². The van der Waals surface area contributed by atoms with Crippen LogP contribution < -0.4 is 11.1 Å². The minimum atomic E-state index is -0.514. The first-order valence-electron chi connectivity index (χ1n) is 9.32. The zero-order chi connectivity index (χ0) is 22.7. The molecule has 1 saturated heterocycles. The Morgan fingerprint density at radius 3 is 2.88 bits per heavy atom. The van der Waals surface area contributed by atoms with E-state index in [2.05, 4.69) is 15.3 Å². The van der Waals surface area contributed by atoms with Crippen molar-refractivity contribution in [1.29, 1.82) is 0 Å². The van der Waals surface area contributed by atoms with Gasteiger partial charge >= 0.3 is 0 Å². The maximum Gasteiger partial charge on any atom is 0.293 e. The maximum absolute atomic E-state index is 13.8. The average molecular weight is 490 g/mol. The van der Waals surface area contributed by atoms with Crippen molar-refractivity contribution in [2.45, 2.75) is 5.16 Å². The third-order valence-electron chi connectivity index (χ3n) is 4.39. The van der Waals surface area contributed by atoms with Crippen LogP contribution in [0.25, 0.3) is 16.3 Å². The summed E-state index contributed by atoms with van der Waals surface area (Å²) >= 11 is 3.32. The van der Waals surface area contributed by atoms with Crippen LogP contribution in [0.2, 0.25) is 0 Å². The number of aromatic nitrogens is 2. The van der Waals surface area contributed by atoms with Gasteiger partial charge in [0.05, 0.1) is 16.0 Å². The van der Waals surface area contributed by atoms with E-state index in [1.807, 2.05) is 11.4 Å². The Bertz CT molecular complexity index is 1250. The van der Waals surface area contributed by atoms with Crippen LogP contribution in [0, 0.1) is 5.82 Å². The summed E-state index contributed by atoms with van der Waals surface area (Å²) in [5.74, 6) is -0.863. The second-order valence-corrected chi connectivity index (χ2v) is 9.35. The molecule has 164 valence electrons. The predicted molar refractivity (Wildman–Crippen MR) is 125 cm³/mol. The van der Waals surface area contributed by atoms with Crippen molar-refractivity contribution in [2.24, 2.45) is 0 Å². The monoisotopic (exact) mass is 489 g/mol. The molecule has 1 aliphatic rings. The second kappa shape index (κ2) is 9.67. The highest BCUT2D eigenvalue weighted by Gasteiger charge is 2.34. The second-order valence-electron chi connectivity index (χ2n) is 6.52. The van der Waals surface area contributed by atoms with Gasteiger partial charge in [0.15, 0.2) is 5.16 Å². The molecule has 0 atom stereocenters. The molecular formula is C20H16FN5O3S3. The first-order chi connectivity index (χ1) is 15.4. The average Bonchev–Trinajstić information content (AvgIpc) is 3.34. The van der Waals surface area contributed by atoms with E-state index in [0.29, 0.717) is 11.0 Å². The maximum atomic E-state index is 13.8. The van der Waals surface area contributed by atoms with Gasteiger partial charge < -0.3 is 11.1 Å². The van der Waals surface area contributed by atoms with Crippen LogP contribution in [0.1, 0.15) is 5.56 Å². The number of anilines is 1. The van der Waals surface area contributed by atoms with E-state index in [9.17, 15) is 18.8 Å². The van der Waals surface area contributed by atoms with Gasteiger partial charge in [-0.05, 0) is 35.4 Å². The molecule has 1 aliphatic heterocycles. The number of nitrogens with two attached hydrogens (primary N) is 1. The number of rotatable bonds is 7. The van der Waals surface area contributed by atoms with Gasteiger partial charge in [-0.1, -0.05) is 30.0 Å². The summed E-state index contributed by atoms with van der Waals surface area (Å²) in [6.07, 6.45) is 1.35. The van der Waals surface area contributed by atoms with Gasteiger partial charge in [-0.25, -0.2) is 14.4 Å². The Kier molecular flexibility index (Phi) is 6.72. The SMILES string of the molecule is Nc1nc(SCC(=O)NCCN2C(=O)S/C(=C\c3ccccc3F)C2=O)nc2sccc12.